The zero-order valence-corrected chi connectivity index (χ0v) is 18.2. The molecule has 0 aliphatic rings. The van der Waals surface area contributed by atoms with E-state index in [4.69, 9.17) is 0 Å². The highest BCUT2D eigenvalue weighted by molar-refractivity contribution is 5.62. The second-order valence-electron chi connectivity index (χ2n) is 7.29. The normalized spacial score (nSPS) is 11.1. The van der Waals surface area contributed by atoms with Gasteiger partial charge in [-0.1, -0.05) is 47.4 Å². The quantitative estimate of drug-likeness (QED) is 0.282. The maximum absolute atomic E-state index is 14.0. The fourth-order valence-electron chi connectivity index (χ4n) is 2.83. The zero-order chi connectivity index (χ0) is 25.8. The van der Waals surface area contributed by atoms with Crippen molar-refractivity contribution >= 4 is 0 Å². The van der Waals surface area contributed by atoms with E-state index >= 15 is 0 Å². The molecule has 0 saturated carbocycles. The van der Waals surface area contributed by atoms with Gasteiger partial charge in [-0.2, -0.15) is 0 Å². The molecule has 0 aliphatic carbocycles. The van der Waals surface area contributed by atoms with Crippen molar-refractivity contribution in [2.75, 3.05) is 0 Å². The van der Waals surface area contributed by atoms with Crippen molar-refractivity contribution in [1.29, 1.82) is 0 Å². The van der Waals surface area contributed by atoms with Crippen LogP contribution < -0.4 is 9.47 Å². The predicted octanol–water partition coefficient (Wildman–Crippen LogP) is 7.04. The molecule has 0 unspecified atom stereocenters. The van der Waals surface area contributed by atoms with Gasteiger partial charge in [-0.05, 0) is 55.8 Å². The first-order valence-electron chi connectivity index (χ1n) is 9.85. The third-order valence-electron chi connectivity index (χ3n) is 4.37. The molecular formula is C26H15F7O2. The number of rotatable bonds is 2. The standard InChI is InChI=1S/C26H15F7O2/c1-16-3-6-18(7-4-16)9-12-21-23(34-25(28,29)30)14-19(15-24(21)35-26(31,32)33)8-11-20-10-5-17(2)13-22(20)27/h3-7,10,13-15H,1-2H3. The Hall–Kier alpha value is -4.11. The number of aryl methyl sites for hydroxylation is 2. The monoisotopic (exact) mass is 492 g/mol. The molecule has 0 aliphatic heterocycles. The van der Waals surface area contributed by atoms with Crippen LogP contribution in [0.3, 0.4) is 0 Å². The van der Waals surface area contributed by atoms with Crippen molar-refractivity contribution in [3.8, 4) is 35.2 Å². The summed E-state index contributed by atoms with van der Waals surface area (Å²) in [7, 11) is 0. The topological polar surface area (TPSA) is 18.5 Å². The molecule has 0 bridgehead atoms. The number of halogens is 7. The van der Waals surface area contributed by atoms with Gasteiger partial charge in [0.2, 0.25) is 0 Å². The Labute approximate surface area is 196 Å². The SMILES string of the molecule is Cc1ccc(C#Cc2c(OC(F)(F)F)cc(C#Cc3ccc(C)cc3F)cc2OC(F)(F)F)cc1. The van der Waals surface area contributed by atoms with Gasteiger partial charge >= 0.3 is 12.7 Å². The molecule has 9 heteroatoms. The molecule has 0 heterocycles. The third-order valence-corrected chi connectivity index (χ3v) is 4.37. The highest BCUT2D eigenvalue weighted by Gasteiger charge is 2.36. The minimum Gasteiger partial charge on any atom is -0.404 e. The van der Waals surface area contributed by atoms with Crippen LogP contribution in [0, 0.1) is 43.3 Å². The average Bonchev–Trinajstić information content (AvgIpc) is 2.71. The summed E-state index contributed by atoms with van der Waals surface area (Å²) in [5.74, 6) is 6.71. The van der Waals surface area contributed by atoms with Crippen LogP contribution in [-0.4, -0.2) is 12.7 Å². The van der Waals surface area contributed by atoms with Crippen LogP contribution in [0.1, 0.15) is 33.4 Å². The summed E-state index contributed by atoms with van der Waals surface area (Å²) < 4.78 is 100. The second kappa shape index (κ2) is 10.0. The fraction of sp³-hybridized carbons (Fsp3) is 0.154. The molecule has 3 aromatic carbocycles. The van der Waals surface area contributed by atoms with Gasteiger partial charge in [0.05, 0.1) is 5.56 Å². The van der Waals surface area contributed by atoms with E-state index in [1.54, 1.807) is 44.2 Å². The molecule has 0 atom stereocenters. The Morgan fingerprint density at radius 2 is 1.11 bits per heavy atom. The van der Waals surface area contributed by atoms with Crippen molar-refractivity contribution in [1.82, 2.24) is 0 Å². The van der Waals surface area contributed by atoms with Crippen LogP contribution in [-0.2, 0) is 0 Å². The molecule has 3 aromatic rings. The third kappa shape index (κ3) is 7.72. The molecule has 3 rings (SSSR count). The number of hydrogen-bond acceptors (Lipinski definition) is 2. The van der Waals surface area contributed by atoms with Crippen LogP contribution in [0.4, 0.5) is 30.7 Å². The van der Waals surface area contributed by atoms with E-state index in [-0.39, 0.29) is 11.1 Å². The summed E-state index contributed by atoms with van der Waals surface area (Å²) in [4.78, 5) is 0. The smallest absolute Gasteiger partial charge is 0.404 e. The molecule has 0 radical (unpaired) electrons. The Morgan fingerprint density at radius 3 is 1.63 bits per heavy atom. The zero-order valence-electron chi connectivity index (χ0n) is 18.2. The lowest BCUT2D eigenvalue weighted by Gasteiger charge is -2.16. The highest BCUT2D eigenvalue weighted by atomic mass is 19.4. The molecule has 2 nitrogen and oxygen atoms in total. The average molecular weight is 492 g/mol. The molecule has 0 N–H and O–H groups in total. The number of hydrogen-bond donors (Lipinski definition) is 0. The summed E-state index contributed by atoms with van der Waals surface area (Å²) in [6.07, 6.45) is -10.5. The van der Waals surface area contributed by atoms with Crippen molar-refractivity contribution in [3.05, 3.63) is 93.8 Å². The van der Waals surface area contributed by atoms with Gasteiger partial charge in [-0.25, -0.2) is 4.39 Å². The van der Waals surface area contributed by atoms with Crippen molar-refractivity contribution in [2.45, 2.75) is 26.6 Å². The van der Waals surface area contributed by atoms with Gasteiger partial charge < -0.3 is 9.47 Å². The lowest BCUT2D eigenvalue weighted by Crippen LogP contribution is -2.20. The molecule has 0 spiro atoms. The fourth-order valence-corrected chi connectivity index (χ4v) is 2.83. The molecular weight excluding hydrogens is 477 g/mol. The predicted molar refractivity (Wildman–Crippen MR) is 114 cm³/mol. The molecule has 0 fully saturated rings. The maximum atomic E-state index is 14.0. The summed E-state index contributed by atoms with van der Waals surface area (Å²) in [6, 6.07) is 12.0. The first kappa shape index (κ1) is 25.5. The number of alkyl halides is 6. The van der Waals surface area contributed by atoms with E-state index in [1.165, 1.54) is 12.1 Å². The van der Waals surface area contributed by atoms with E-state index in [9.17, 15) is 30.7 Å². The van der Waals surface area contributed by atoms with E-state index in [2.05, 4.69) is 33.2 Å². The van der Waals surface area contributed by atoms with Crippen LogP contribution in [0.2, 0.25) is 0 Å². The Bertz CT molecular complexity index is 1310. The van der Waals surface area contributed by atoms with Crippen molar-refractivity contribution < 1.29 is 40.2 Å². The second-order valence-corrected chi connectivity index (χ2v) is 7.29. The largest absolute Gasteiger partial charge is 0.573 e. The van der Waals surface area contributed by atoms with E-state index < -0.39 is 35.6 Å². The first-order chi connectivity index (χ1) is 16.3. The highest BCUT2D eigenvalue weighted by Crippen LogP contribution is 2.36. The number of ether oxygens (including phenoxy) is 2. The van der Waals surface area contributed by atoms with Crippen molar-refractivity contribution in [3.63, 3.8) is 0 Å². The maximum Gasteiger partial charge on any atom is 0.573 e. The lowest BCUT2D eigenvalue weighted by molar-refractivity contribution is -0.276. The van der Waals surface area contributed by atoms with Crippen molar-refractivity contribution in [2.24, 2.45) is 0 Å². The van der Waals surface area contributed by atoms with E-state index in [0.29, 0.717) is 11.1 Å². The van der Waals surface area contributed by atoms with Gasteiger partial charge in [0.25, 0.3) is 0 Å². The minimum atomic E-state index is -5.25. The molecule has 0 amide bonds. The Morgan fingerprint density at radius 1 is 0.600 bits per heavy atom. The van der Waals surface area contributed by atoms with Gasteiger partial charge in [0.1, 0.15) is 22.9 Å². The molecule has 35 heavy (non-hydrogen) atoms. The van der Waals surface area contributed by atoms with Gasteiger partial charge in [0.15, 0.2) is 0 Å². The summed E-state index contributed by atoms with van der Waals surface area (Å²) in [6.45, 7) is 3.43. The molecule has 180 valence electrons. The Kier molecular flexibility index (Phi) is 7.31. The lowest BCUT2D eigenvalue weighted by atomic mass is 10.1. The van der Waals surface area contributed by atoms with Crippen LogP contribution >= 0.6 is 0 Å². The van der Waals surface area contributed by atoms with E-state index in [0.717, 1.165) is 17.7 Å². The van der Waals surface area contributed by atoms with Crippen LogP contribution in [0.5, 0.6) is 11.5 Å². The number of benzene rings is 3. The van der Waals surface area contributed by atoms with Gasteiger partial charge in [0, 0.05) is 11.1 Å². The molecule has 0 aromatic heterocycles. The minimum absolute atomic E-state index is 0.101. The summed E-state index contributed by atoms with van der Waals surface area (Å²) in [5, 5.41) is 0. The Balaban J connectivity index is 2.17. The van der Waals surface area contributed by atoms with E-state index in [1.807, 2.05) is 0 Å². The van der Waals surface area contributed by atoms with Gasteiger partial charge in [-0.15, -0.1) is 26.3 Å². The first-order valence-corrected chi connectivity index (χ1v) is 9.85. The summed E-state index contributed by atoms with van der Waals surface area (Å²) in [5.41, 5.74) is 0.592. The summed E-state index contributed by atoms with van der Waals surface area (Å²) >= 11 is 0. The van der Waals surface area contributed by atoms with Gasteiger partial charge in [-0.3, -0.25) is 0 Å². The van der Waals surface area contributed by atoms with Crippen LogP contribution in [0.15, 0.2) is 54.6 Å². The molecule has 0 saturated heterocycles. The van der Waals surface area contributed by atoms with Crippen LogP contribution in [0.25, 0.3) is 0 Å².